The summed E-state index contributed by atoms with van der Waals surface area (Å²) in [5.74, 6) is 1.47. The van der Waals surface area contributed by atoms with E-state index in [1.54, 1.807) is 0 Å². The van der Waals surface area contributed by atoms with Gasteiger partial charge in [0.25, 0.3) is 0 Å². The van der Waals surface area contributed by atoms with Gasteiger partial charge in [-0.3, -0.25) is 4.99 Å². The van der Waals surface area contributed by atoms with Gasteiger partial charge in [-0.25, -0.2) is 0 Å². The van der Waals surface area contributed by atoms with Gasteiger partial charge in [-0.1, -0.05) is 49.7 Å². The van der Waals surface area contributed by atoms with Crippen molar-refractivity contribution in [3.63, 3.8) is 0 Å². The maximum absolute atomic E-state index is 6.22. The van der Waals surface area contributed by atoms with Crippen LogP contribution in [0.2, 0.25) is 5.02 Å². The first kappa shape index (κ1) is 16.8. The second-order valence-electron chi connectivity index (χ2n) is 6.40. The Kier molecular flexibility index (Phi) is 5.37. The van der Waals surface area contributed by atoms with Crippen molar-refractivity contribution in [2.45, 2.75) is 20.3 Å². The van der Waals surface area contributed by atoms with Crippen LogP contribution in [-0.4, -0.2) is 18.9 Å². The lowest BCUT2D eigenvalue weighted by atomic mass is 9.96. The fraction of sp³-hybridized carbons (Fsp3) is 0.286. The maximum atomic E-state index is 6.22. The average Bonchev–Trinajstić information content (AvgIpc) is 2.59. The largest absolute Gasteiger partial charge is 0.493 e. The van der Waals surface area contributed by atoms with Gasteiger partial charge in [0.2, 0.25) is 0 Å². The molecule has 1 aliphatic heterocycles. The van der Waals surface area contributed by atoms with Crippen molar-refractivity contribution in [1.29, 1.82) is 0 Å². The fourth-order valence-electron chi connectivity index (χ4n) is 2.68. The predicted octanol–water partition coefficient (Wildman–Crippen LogP) is 5.43. The van der Waals surface area contributed by atoms with Gasteiger partial charge < -0.3 is 4.74 Å². The van der Waals surface area contributed by atoms with Crippen LogP contribution in [0.4, 0.5) is 0 Å². The highest BCUT2D eigenvalue weighted by Crippen LogP contribution is 2.24. The minimum absolute atomic E-state index is 0.525. The van der Waals surface area contributed by atoms with E-state index in [9.17, 15) is 0 Å². The highest BCUT2D eigenvalue weighted by atomic mass is 35.5. The number of hydrogen-bond donors (Lipinski definition) is 0. The molecule has 3 heteroatoms. The Morgan fingerprint density at radius 3 is 2.79 bits per heavy atom. The van der Waals surface area contributed by atoms with Crippen LogP contribution in [0.15, 0.2) is 53.5 Å². The summed E-state index contributed by atoms with van der Waals surface area (Å²) in [4.78, 5) is 4.67. The Morgan fingerprint density at radius 2 is 2.00 bits per heavy atom. The molecule has 2 nitrogen and oxygen atoms in total. The Balaban J connectivity index is 1.81. The molecular formula is C21H22ClNO. The molecule has 0 N–H and O–H groups in total. The normalized spacial score (nSPS) is 13.9. The summed E-state index contributed by atoms with van der Waals surface area (Å²) in [5.41, 5.74) is 4.49. The molecule has 0 spiro atoms. The quantitative estimate of drug-likeness (QED) is 0.711. The van der Waals surface area contributed by atoms with Crippen LogP contribution in [0, 0.1) is 5.92 Å². The Hall–Kier alpha value is -2.06. The molecule has 0 aliphatic carbocycles. The molecule has 24 heavy (non-hydrogen) atoms. The topological polar surface area (TPSA) is 21.6 Å². The van der Waals surface area contributed by atoms with Gasteiger partial charge in [0.15, 0.2) is 0 Å². The Labute approximate surface area is 148 Å². The monoisotopic (exact) mass is 339 g/mol. The van der Waals surface area contributed by atoms with Crippen molar-refractivity contribution < 1.29 is 4.74 Å². The number of rotatable bonds is 5. The van der Waals surface area contributed by atoms with Crippen LogP contribution in [-0.2, 0) is 6.42 Å². The molecule has 2 aromatic rings. The van der Waals surface area contributed by atoms with Gasteiger partial charge in [-0.2, -0.15) is 0 Å². The summed E-state index contributed by atoms with van der Waals surface area (Å²) in [6, 6.07) is 14.1. The third-order valence-corrected chi connectivity index (χ3v) is 4.27. The van der Waals surface area contributed by atoms with E-state index < -0.39 is 0 Å². The summed E-state index contributed by atoms with van der Waals surface area (Å²) in [5, 5.41) is 0.753. The summed E-state index contributed by atoms with van der Waals surface area (Å²) in [6.07, 6.45) is 5.03. The molecule has 0 unspecified atom stereocenters. The number of allylic oxidation sites excluding steroid dienone is 1. The first-order chi connectivity index (χ1) is 11.6. The number of ether oxygens (including phenoxy) is 1. The lowest BCUT2D eigenvalue weighted by Crippen LogP contribution is -2.12. The van der Waals surface area contributed by atoms with E-state index >= 15 is 0 Å². The molecule has 0 radical (unpaired) electrons. The van der Waals surface area contributed by atoms with E-state index in [2.05, 4.69) is 31.0 Å². The number of fused-ring (bicyclic) bond motifs is 1. The van der Waals surface area contributed by atoms with Crippen LogP contribution >= 0.6 is 11.6 Å². The van der Waals surface area contributed by atoms with Gasteiger partial charge in [0.1, 0.15) is 5.75 Å². The minimum Gasteiger partial charge on any atom is -0.493 e. The average molecular weight is 340 g/mol. The molecule has 3 rings (SSSR count). The number of benzene rings is 2. The van der Waals surface area contributed by atoms with Crippen LogP contribution in [0.3, 0.4) is 0 Å². The summed E-state index contributed by atoms with van der Waals surface area (Å²) in [7, 11) is 0. The van der Waals surface area contributed by atoms with Crippen molar-refractivity contribution >= 4 is 23.4 Å². The molecule has 1 aliphatic rings. The lowest BCUT2D eigenvalue weighted by molar-refractivity contribution is 0.271. The molecule has 0 fully saturated rings. The zero-order valence-electron chi connectivity index (χ0n) is 14.1. The van der Waals surface area contributed by atoms with Crippen molar-refractivity contribution in [3.05, 3.63) is 70.3 Å². The number of halogens is 1. The van der Waals surface area contributed by atoms with Gasteiger partial charge in [-0.05, 0) is 53.8 Å². The molecule has 0 saturated carbocycles. The SMILES string of the molecule is CC(C)COc1ccc2c(c1)CCN=C2C=Cc1ccccc1Cl. The highest BCUT2D eigenvalue weighted by molar-refractivity contribution is 6.32. The van der Waals surface area contributed by atoms with E-state index in [1.165, 1.54) is 11.1 Å². The van der Waals surface area contributed by atoms with Gasteiger partial charge in [0.05, 0.1) is 12.3 Å². The van der Waals surface area contributed by atoms with Crippen LogP contribution < -0.4 is 4.74 Å². The molecule has 0 aromatic heterocycles. The van der Waals surface area contributed by atoms with Gasteiger partial charge in [-0.15, -0.1) is 0 Å². The van der Waals surface area contributed by atoms with Crippen molar-refractivity contribution in [3.8, 4) is 5.75 Å². The number of nitrogens with zero attached hydrogens (tertiary/aromatic N) is 1. The molecule has 0 bridgehead atoms. The third-order valence-electron chi connectivity index (χ3n) is 3.93. The zero-order valence-corrected chi connectivity index (χ0v) is 14.9. The molecule has 124 valence electrons. The molecule has 1 heterocycles. The van der Waals surface area contributed by atoms with Crippen molar-refractivity contribution in [2.75, 3.05) is 13.2 Å². The summed E-state index contributed by atoms with van der Waals surface area (Å²) in [6.45, 7) is 5.86. The predicted molar refractivity (Wildman–Crippen MR) is 102 cm³/mol. The maximum Gasteiger partial charge on any atom is 0.119 e. The van der Waals surface area contributed by atoms with Gasteiger partial charge >= 0.3 is 0 Å². The molecule has 0 atom stereocenters. The van der Waals surface area contributed by atoms with E-state index in [4.69, 9.17) is 16.3 Å². The second-order valence-corrected chi connectivity index (χ2v) is 6.80. The highest BCUT2D eigenvalue weighted by Gasteiger charge is 2.13. The van der Waals surface area contributed by atoms with Crippen LogP contribution in [0.25, 0.3) is 6.08 Å². The Morgan fingerprint density at radius 1 is 1.17 bits per heavy atom. The Bertz CT molecular complexity index is 777. The first-order valence-electron chi connectivity index (χ1n) is 8.36. The van der Waals surface area contributed by atoms with Gasteiger partial charge in [0, 0.05) is 17.1 Å². The lowest BCUT2D eigenvalue weighted by Gasteiger charge is -2.17. The van der Waals surface area contributed by atoms with E-state index in [0.717, 1.165) is 41.6 Å². The smallest absolute Gasteiger partial charge is 0.119 e. The second kappa shape index (κ2) is 7.67. The van der Waals surface area contributed by atoms with E-state index in [0.29, 0.717) is 5.92 Å². The van der Waals surface area contributed by atoms with Crippen LogP contribution in [0.5, 0.6) is 5.75 Å². The molecule has 2 aromatic carbocycles. The standard InChI is InChI=1S/C21H22ClNO/c1-15(2)14-24-18-8-9-19-17(13-18)11-12-23-21(19)10-7-16-5-3-4-6-20(16)22/h3-10,13,15H,11-12,14H2,1-2H3. The zero-order chi connectivity index (χ0) is 16.9. The summed E-state index contributed by atoms with van der Waals surface area (Å²) >= 11 is 6.22. The number of aliphatic imine (C=N–C) groups is 1. The fourth-order valence-corrected chi connectivity index (χ4v) is 2.88. The third kappa shape index (κ3) is 4.07. The van der Waals surface area contributed by atoms with Crippen molar-refractivity contribution in [1.82, 2.24) is 0 Å². The minimum atomic E-state index is 0.525. The molecule has 0 saturated heterocycles. The molecule has 0 amide bonds. The molecular weight excluding hydrogens is 318 g/mol. The summed E-state index contributed by atoms with van der Waals surface area (Å²) < 4.78 is 5.84. The van der Waals surface area contributed by atoms with Crippen LogP contribution in [0.1, 0.15) is 30.5 Å². The number of hydrogen-bond acceptors (Lipinski definition) is 2. The van der Waals surface area contributed by atoms with Crippen molar-refractivity contribution in [2.24, 2.45) is 10.9 Å². The first-order valence-corrected chi connectivity index (χ1v) is 8.74. The van der Waals surface area contributed by atoms with E-state index in [-0.39, 0.29) is 0 Å². The van der Waals surface area contributed by atoms with E-state index in [1.807, 2.05) is 42.5 Å².